The minimum atomic E-state index is 0.670. The standard InChI is InChI=1S/C17H26S/c1-7-12(2)16(6)13(3)8-9-14(4)17-11-10-15(5)18-17/h8-12,16H,7H2,1-6H3/b13-8-,14-9+. The van der Waals surface area contributed by atoms with Gasteiger partial charge in [0.2, 0.25) is 0 Å². The molecule has 0 nitrogen and oxygen atoms in total. The molecule has 0 fully saturated rings. The number of hydrogen-bond acceptors (Lipinski definition) is 1. The number of thiophene rings is 1. The van der Waals surface area contributed by atoms with Crippen LogP contribution in [-0.4, -0.2) is 0 Å². The molecule has 0 saturated heterocycles. The Morgan fingerprint density at radius 2 is 1.89 bits per heavy atom. The van der Waals surface area contributed by atoms with Crippen LogP contribution in [0.5, 0.6) is 0 Å². The van der Waals surface area contributed by atoms with Gasteiger partial charge in [0.1, 0.15) is 0 Å². The van der Waals surface area contributed by atoms with Crippen molar-refractivity contribution >= 4 is 16.9 Å². The molecule has 2 atom stereocenters. The molecule has 1 aromatic rings. The van der Waals surface area contributed by atoms with Crippen molar-refractivity contribution in [1.29, 1.82) is 0 Å². The van der Waals surface area contributed by atoms with Crippen molar-refractivity contribution in [3.63, 3.8) is 0 Å². The third-order valence-electron chi connectivity index (χ3n) is 3.94. The monoisotopic (exact) mass is 262 g/mol. The molecule has 0 aromatic carbocycles. The molecule has 100 valence electrons. The fourth-order valence-electron chi connectivity index (χ4n) is 1.94. The van der Waals surface area contributed by atoms with Crippen molar-refractivity contribution in [3.8, 4) is 0 Å². The molecule has 1 heteroatoms. The van der Waals surface area contributed by atoms with Crippen LogP contribution in [0.3, 0.4) is 0 Å². The van der Waals surface area contributed by atoms with Gasteiger partial charge in [0.25, 0.3) is 0 Å². The van der Waals surface area contributed by atoms with E-state index in [1.807, 2.05) is 11.3 Å². The maximum absolute atomic E-state index is 2.33. The summed E-state index contributed by atoms with van der Waals surface area (Å²) in [5.74, 6) is 1.43. The molecule has 1 rings (SSSR count). The first-order valence-corrected chi connectivity index (χ1v) is 7.69. The summed E-state index contributed by atoms with van der Waals surface area (Å²) in [7, 11) is 0. The summed E-state index contributed by atoms with van der Waals surface area (Å²) in [4.78, 5) is 2.76. The average molecular weight is 262 g/mol. The molecule has 0 bridgehead atoms. The van der Waals surface area contributed by atoms with Gasteiger partial charge in [0.05, 0.1) is 0 Å². The average Bonchev–Trinajstić information content (AvgIpc) is 2.80. The zero-order valence-corrected chi connectivity index (χ0v) is 13.4. The summed E-state index contributed by atoms with van der Waals surface area (Å²) >= 11 is 1.87. The van der Waals surface area contributed by atoms with Gasteiger partial charge in [-0.1, -0.05) is 44.9 Å². The number of hydrogen-bond donors (Lipinski definition) is 0. The van der Waals surface area contributed by atoms with Crippen LogP contribution in [0.2, 0.25) is 0 Å². The lowest BCUT2D eigenvalue weighted by Crippen LogP contribution is -2.07. The largest absolute Gasteiger partial charge is 0.141 e. The van der Waals surface area contributed by atoms with E-state index in [9.17, 15) is 0 Å². The van der Waals surface area contributed by atoms with E-state index in [-0.39, 0.29) is 0 Å². The van der Waals surface area contributed by atoms with Crippen LogP contribution < -0.4 is 0 Å². The van der Waals surface area contributed by atoms with Crippen molar-refractivity contribution < 1.29 is 0 Å². The highest BCUT2D eigenvalue weighted by Crippen LogP contribution is 2.25. The lowest BCUT2D eigenvalue weighted by Gasteiger charge is -2.18. The lowest BCUT2D eigenvalue weighted by atomic mass is 9.87. The van der Waals surface area contributed by atoms with Gasteiger partial charge in [0.15, 0.2) is 0 Å². The van der Waals surface area contributed by atoms with E-state index in [1.54, 1.807) is 0 Å². The van der Waals surface area contributed by atoms with Gasteiger partial charge in [-0.05, 0) is 50.3 Å². The van der Waals surface area contributed by atoms with E-state index in [0.29, 0.717) is 5.92 Å². The molecule has 0 N–H and O–H groups in total. The topological polar surface area (TPSA) is 0 Å². The van der Waals surface area contributed by atoms with Gasteiger partial charge in [-0.2, -0.15) is 0 Å². The Balaban J connectivity index is 2.78. The molecule has 0 amide bonds. The fourth-order valence-corrected chi connectivity index (χ4v) is 2.79. The molecule has 1 aromatic heterocycles. The molecule has 0 aliphatic heterocycles. The van der Waals surface area contributed by atoms with Crippen molar-refractivity contribution in [3.05, 3.63) is 39.6 Å². The first-order chi connectivity index (χ1) is 8.45. The van der Waals surface area contributed by atoms with Gasteiger partial charge in [-0.3, -0.25) is 0 Å². The lowest BCUT2D eigenvalue weighted by molar-refractivity contribution is 0.427. The van der Waals surface area contributed by atoms with E-state index in [2.05, 4.69) is 65.8 Å². The van der Waals surface area contributed by atoms with E-state index in [0.717, 1.165) is 5.92 Å². The molecule has 0 saturated carbocycles. The molecule has 18 heavy (non-hydrogen) atoms. The van der Waals surface area contributed by atoms with Crippen LogP contribution in [0.25, 0.3) is 5.57 Å². The number of rotatable bonds is 5. The predicted molar refractivity (Wildman–Crippen MR) is 85.1 cm³/mol. The molecule has 2 unspecified atom stereocenters. The second-order valence-electron chi connectivity index (χ2n) is 5.34. The smallest absolute Gasteiger partial charge is 0.0302 e. The number of allylic oxidation sites excluding steroid dienone is 4. The van der Waals surface area contributed by atoms with Crippen molar-refractivity contribution in [2.45, 2.75) is 48.0 Å². The van der Waals surface area contributed by atoms with Crippen LogP contribution in [0, 0.1) is 18.8 Å². The second kappa shape index (κ2) is 6.94. The van der Waals surface area contributed by atoms with Crippen LogP contribution in [0.4, 0.5) is 0 Å². The van der Waals surface area contributed by atoms with E-state index < -0.39 is 0 Å². The Labute approximate surface area is 116 Å². The first kappa shape index (κ1) is 15.2. The van der Waals surface area contributed by atoms with E-state index >= 15 is 0 Å². The fraction of sp³-hybridized carbons (Fsp3) is 0.529. The first-order valence-electron chi connectivity index (χ1n) is 6.87. The zero-order valence-electron chi connectivity index (χ0n) is 12.6. The summed E-state index contributed by atoms with van der Waals surface area (Å²) in [6.07, 6.45) is 5.81. The molecule has 0 aliphatic carbocycles. The summed E-state index contributed by atoms with van der Waals surface area (Å²) < 4.78 is 0. The van der Waals surface area contributed by atoms with E-state index in [1.165, 1.54) is 27.3 Å². The van der Waals surface area contributed by atoms with E-state index in [4.69, 9.17) is 0 Å². The van der Waals surface area contributed by atoms with Crippen LogP contribution in [0.15, 0.2) is 29.9 Å². The molecule has 0 aliphatic rings. The summed E-state index contributed by atoms with van der Waals surface area (Å²) in [5, 5.41) is 0. The van der Waals surface area contributed by atoms with Gasteiger partial charge < -0.3 is 0 Å². The SMILES string of the molecule is CCC(C)C(C)/C(C)=C\C=C(/C)c1ccc(C)s1. The second-order valence-corrected chi connectivity index (χ2v) is 6.63. The predicted octanol–water partition coefficient (Wildman–Crippen LogP) is 6.09. The number of aryl methyl sites for hydroxylation is 1. The summed E-state index contributed by atoms with van der Waals surface area (Å²) in [5.41, 5.74) is 2.85. The maximum Gasteiger partial charge on any atom is 0.0302 e. The van der Waals surface area contributed by atoms with Crippen LogP contribution in [0.1, 0.15) is 50.8 Å². The third kappa shape index (κ3) is 4.13. The van der Waals surface area contributed by atoms with Gasteiger partial charge in [0, 0.05) is 9.75 Å². The highest BCUT2D eigenvalue weighted by atomic mass is 32.1. The van der Waals surface area contributed by atoms with Gasteiger partial charge in [-0.25, -0.2) is 0 Å². The Morgan fingerprint density at radius 1 is 1.22 bits per heavy atom. The quantitative estimate of drug-likeness (QED) is 0.563. The Kier molecular flexibility index (Phi) is 5.87. The highest BCUT2D eigenvalue weighted by Gasteiger charge is 2.11. The molecule has 0 radical (unpaired) electrons. The molecule has 0 spiro atoms. The zero-order chi connectivity index (χ0) is 13.7. The minimum Gasteiger partial charge on any atom is -0.141 e. The normalized spacial score (nSPS) is 16.8. The van der Waals surface area contributed by atoms with Gasteiger partial charge >= 0.3 is 0 Å². The highest BCUT2D eigenvalue weighted by molar-refractivity contribution is 7.13. The Hall–Kier alpha value is -0.820. The third-order valence-corrected chi connectivity index (χ3v) is 5.08. The maximum atomic E-state index is 2.33. The minimum absolute atomic E-state index is 0.670. The van der Waals surface area contributed by atoms with Crippen molar-refractivity contribution in [1.82, 2.24) is 0 Å². The Bertz CT molecular complexity index is 434. The van der Waals surface area contributed by atoms with Gasteiger partial charge in [-0.15, -0.1) is 11.3 Å². The van der Waals surface area contributed by atoms with Crippen molar-refractivity contribution in [2.75, 3.05) is 0 Å². The molecular weight excluding hydrogens is 236 g/mol. The van der Waals surface area contributed by atoms with Crippen LogP contribution >= 0.6 is 11.3 Å². The molecular formula is C17H26S. The summed E-state index contributed by atoms with van der Waals surface area (Å²) in [6, 6.07) is 4.41. The molecule has 1 heterocycles. The summed E-state index contributed by atoms with van der Waals surface area (Å²) in [6.45, 7) is 13.5. The van der Waals surface area contributed by atoms with Crippen molar-refractivity contribution in [2.24, 2.45) is 11.8 Å². The van der Waals surface area contributed by atoms with Crippen LogP contribution in [-0.2, 0) is 0 Å². The Morgan fingerprint density at radius 3 is 2.39 bits per heavy atom.